The Morgan fingerprint density at radius 2 is 2.21 bits per heavy atom. The van der Waals surface area contributed by atoms with Gasteiger partial charge < -0.3 is 19.1 Å². The average Bonchev–Trinajstić information content (AvgIpc) is 3.11. The van der Waals surface area contributed by atoms with Gasteiger partial charge in [0.25, 0.3) is 0 Å². The quantitative estimate of drug-likeness (QED) is 0.652. The molecule has 1 aliphatic rings. The number of carbonyl (C=O) groups excluding carboxylic acids is 1. The van der Waals surface area contributed by atoms with Crippen molar-refractivity contribution in [2.24, 2.45) is 0 Å². The van der Waals surface area contributed by atoms with E-state index in [9.17, 15) is 4.79 Å². The maximum absolute atomic E-state index is 12.1. The predicted octanol–water partition coefficient (Wildman–Crippen LogP) is 2.79. The van der Waals surface area contributed by atoms with Crippen LogP contribution in [0.3, 0.4) is 0 Å². The molecule has 0 aromatic heterocycles. The van der Waals surface area contributed by atoms with Crippen molar-refractivity contribution in [1.29, 1.82) is 0 Å². The Kier molecular flexibility index (Phi) is 7.28. The third-order valence-electron chi connectivity index (χ3n) is 4.02. The van der Waals surface area contributed by atoms with Gasteiger partial charge >= 0.3 is 0 Å². The molecule has 0 N–H and O–H groups in total. The summed E-state index contributed by atoms with van der Waals surface area (Å²) in [6.07, 6.45) is 2.42. The zero-order valence-electron chi connectivity index (χ0n) is 14.6. The third-order valence-corrected chi connectivity index (χ3v) is 4.02. The smallest absolute Gasteiger partial charge is 0.246 e. The van der Waals surface area contributed by atoms with Crippen LogP contribution in [0.1, 0.15) is 25.8 Å². The fourth-order valence-electron chi connectivity index (χ4n) is 2.62. The molecule has 1 heterocycles. The van der Waals surface area contributed by atoms with Gasteiger partial charge in [0.05, 0.1) is 25.9 Å². The molecular formula is C19H27NO4. The van der Waals surface area contributed by atoms with Gasteiger partial charge in [0.1, 0.15) is 11.9 Å². The molecule has 1 aliphatic heterocycles. The highest BCUT2D eigenvalue weighted by atomic mass is 16.5. The molecule has 0 bridgehead atoms. The number of hydrogen-bond donors (Lipinski definition) is 0. The minimum atomic E-state index is -0.0920. The van der Waals surface area contributed by atoms with E-state index in [1.54, 1.807) is 4.90 Å². The topological polar surface area (TPSA) is 48.0 Å². The molecule has 2 unspecified atom stereocenters. The summed E-state index contributed by atoms with van der Waals surface area (Å²) in [7, 11) is 0. The van der Waals surface area contributed by atoms with E-state index in [1.807, 2.05) is 38.1 Å². The van der Waals surface area contributed by atoms with Gasteiger partial charge in [0.15, 0.2) is 0 Å². The largest absolute Gasteiger partial charge is 0.488 e. The Labute approximate surface area is 144 Å². The second-order valence-corrected chi connectivity index (χ2v) is 5.93. The normalized spacial score (nSPS) is 18.2. The monoisotopic (exact) mass is 333 g/mol. The maximum Gasteiger partial charge on any atom is 0.246 e. The van der Waals surface area contributed by atoms with Crippen LogP contribution in [0.25, 0.3) is 0 Å². The first-order valence-corrected chi connectivity index (χ1v) is 8.48. The Hall–Kier alpha value is -1.85. The van der Waals surface area contributed by atoms with Crippen molar-refractivity contribution in [3.05, 3.63) is 42.5 Å². The van der Waals surface area contributed by atoms with Crippen LogP contribution in [0.5, 0.6) is 5.75 Å². The average molecular weight is 333 g/mol. The van der Waals surface area contributed by atoms with Crippen LogP contribution in [0.2, 0.25) is 0 Å². The Balaban J connectivity index is 1.97. The van der Waals surface area contributed by atoms with E-state index in [0.717, 1.165) is 24.3 Å². The molecule has 5 nitrogen and oxygen atoms in total. The van der Waals surface area contributed by atoms with Crippen LogP contribution in [-0.2, 0) is 20.8 Å². The molecule has 1 fully saturated rings. The van der Waals surface area contributed by atoms with E-state index < -0.39 is 0 Å². The number of nitrogens with zero attached hydrogens (tertiary/aromatic N) is 1. The lowest BCUT2D eigenvalue weighted by Crippen LogP contribution is -2.39. The number of benzene rings is 1. The van der Waals surface area contributed by atoms with Crippen LogP contribution >= 0.6 is 0 Å². The van der Waals surface area contributed by atoms with Crippen molar-refractivity contribution >= 4 is 5.91 Å². The van der Waals surface area contributed by atoms with E-state index >= 15 is 0 Å². The molecule has 132 valence electrons. The second-order valence-electron chi connectivity index (χ2n) is 5.93. The van der Waals surface area contributed by atoms with Crippen molar-refractivity contribution in [2.45, 2.75) is 39.0 Å². The van der Waals surface area contributed by atoms with E-state index in [0.29, 0.717) is 26.4 Å². The van der Waals surface area contributed by atoms with Gasteiger partial charge in [-0.15, -0.1) is 0 Å². The van der Waals surface area contributed by atoms with Gasteiger partial charge in [-0.05, 0) is 37.6 Å². The van der Waals surface area contributed by atoms with E-state index in [-0.39, 0.29) is 18.1 Å². The molecule has 1 aromatic carbocycles. The summed E-state index contributed by atoms with van der Waals surface area (Å²) in [6, 6.07) is 7.85. The molecule has 0 saturated carbocycles. The van der Waals surface area contributed by atoms with Gasteiger partial charge in [-0.3, -0.25) is 4.79 Å². The van der Waals surface area contributed by atoms with Crippen LogP contribution < -0.4 is 4.74 Å². The van der Waals surface area contributed by atoms with Gasteiger partial charge in [-0.2, -0.15) is 0 Å². The SMILES string of the molecule is C=CC(=O)N(Cc1ccc(OC2CCOC2)cc1)C(C)COCC. The molecule has 5 heteroatoms. The zero-order valence-corrected chi connectivity index (χ0v) is 14.6. The molecule has 1 aromatic rings. The fraction of sp³-hybridized carbons (Fsp3) is 0.526. The van der Waals surface area contributed by atoms with Crippen molar-refractivity contribution in [3.8, 4) is 5.75 Å². The van der Waals surface area contributed by atoms with E-state index in [2.05, 4.69) is 6.58 Å². The molecule has 0 aliphatic carbocycles. The van der Waals surface area contributed by atoms with Crippen LogP contribution in [0.4, 0.5) is 0 Å². The second kappa shape index (κ2) is 9.45. The van der Waals surface area contributed by atoms with Crippen LogP contribution in [-0.4, -0.2) is 49.4 Å². The summed E-state index contributed by atoms with van der Waals surface area (Å²) < 4.78 is 16.6. The Morgan fingerprint density at radius 1 is 1.46 bits per heavy atom. The number of carbonyl (C=O) groups is 1. The lowest BCUT2D eigenvalue weighted by molar-refractivity contribution is -0.129. The molecule has 0 radical (unpaired) electrons. The summed E-state index contributed by atoms with van der Waals surface area (Å²) in [6.45, 7) is 10.6. The van der Waals surface area contributed by atoms with Gasteiger partial charge in [0.2, 0.25) is 5.91 Å². The van der Waals surface area contributed by atoms with Gasteiger partial charge in [0, 0.05) is 19.6 Å². The first kappa shape index (κ1) is 18.5. The third kappa shape index (κ3) is 5.35. The maximum atomic E-state index is 12.1. The molecule has 1 saturated heterocycles. The summed E-state index contributed by atoms with van der Waals surface area (Å²) in [5.41, 5.74) is 1.04. The summed E-state index contributed by atoms with van der Waals surface area (Å²) >= 11 is 0. The highest BCUT2D eigenvalue weighted by Gasteiger charge is 2.19. The standard InChI is InChI=1S/C19H27NO4/c1-4-19(21)20(15(3)13-22-5-2)12-16-6-8-17(9-7-16)24-18-10-11-23-14-18/h4,6-9,15,18H,1,5,10-14H2,2-3H3. The molecule has 2 atom stereocenters. The van der Waals surface area contributed by atoms with E-state index in [1.165, 1.54) is 6.08 Å². The first-order chi connectivity index (χ1) is 11.6. The molecule has 24 heavy (non-hydrogen) atoms. The van der Waals surface area contributed by atoms with Gasteiger partial charge in [-0.25, -0.2) is 0 Å². The van der Waals surface area contributed by atoms with Crippen molar-refractivity contribution in [3.63, 3.8) is 0 Å². The van der Waals surface area contributed by atoms with Crippen molar-refractivity contribution < 1.29 is 19.0 Å². The number of ether oxygens (including phenoxy) is 3. The number of amides is 1. The number of hydrogen-bond acceptors (Lipinski definition) is 4. The molecule has 1 amide bonds. The minimum Gasteiger partial charge on any atom is -0.488 e. The predicted molar refractivity (Wildman–Crippen MR) is 93.0 cm³/mol. The lowest BCUT2D eigenvalue weighted by Gasteiger charge is -2.28. The summed E-state index contributed by atoms with van der Waals surface area (Å²) in [5.74, 6) is 0.740. The summed E-state index contributed by atoms with van der Waals surface area (Å²) in [5, 5.41) is 0. The van der Waals surface area contributed by atoms with Crippen molar-refractivity contribution in [1.82, 2.24) is 4.90 Å². The highest BCUT2D eigenvalue weighted by molar-refractivity contribution is 5.87. The highest BCUT2D eigenvalue weighted by Crippen LogP contribution is 2.19. The minimum absolute atomic E-state index is 0.0120. The lowest BCUT2D eigenvalue weighted by atomic mass is 10.1. The Morgan fingerprint density at radius 3 is 2.79 bits per heavy atom. The van der Waals surface area contributed by atoms with Crippen LogP contribution in [0.15, 0.2) is 36.9 Å². The van der Waals surface area contributed by atoms with Gasteiger partial charge in [-0.1, -0.05) is 18.7 Å². The number of rotatable bonds is 9. The van der Waals surface area contributed by atoms with Crippen molar-refractivity contribution in [2.75, 3.05) is 26.4 Å². The van der Waals surface area contributed by atoms with E-state index in [4.69, 9.17) is 14.2 Å². The molecular weight excluding hydrogens is 306 g/mol. The summed E-state index contributed by atoms with van der Waals surface area (Å²) in [4.78, 5) is 13.9. The fourth-order valence-corrected chi connectivity index (χ4v) is 2.62. The Bertz CT molecular complexity index is 523. The zero-order chi connectivity index (χ0) is 17.4. The first-order valence-electron chi connectivity index (χ1n) is 8.48. The van der Waals surface area contributed by atoms with Crippen LogP contribution in [0, 0.1) is 0 Å². The molecule has 2 rings (SSSR count). The molecule has 0 spiro atoms.